The summed E-state index contributed by atoms with van der Waals surface area (Å²) >= 11 is 0. The Morgan fingerprint density at radius 3 is 2.36 bits per heavy atom. The zero-order valence-corrected chi connectivity index (χ0v) is 14.0. The number of nitrogens with one attached hydrogen (secondary N) is 2. The molecular formula is C20H19N3O2. The van der Waals surface area contributed by atoms with Crippen LogP contribution in [0.1, 0.15) is 21.5 Å². The van der Waals surface area contributed by atoms with Crippen LogP contribution < -0.4 is 10.6 Å². The average molecular weight is 333 g/mol. The van der Waals surface area contributed by atoms with Crippen LogP contribution in [0, 0.1) is 11.3 Å². The molecule has 25 heavy (non-hydrogen) atoms. The Kier molecular flexibility index (Phi) is 6.49. The Balaban J connectivity index is 1.98. The van der Waals surface area contributed by atoms with Gasteiger partial charge >= 0.3 is 0 Å². The zero-order chi connectivity index (χ0) is 18.1. The van der Waals surface area contributed by atoms with Gasteiger partial charge < -0.3 is 10.6 Å². The van der Waals surface area contributed by atoms with E-state index in [1.54, 1.807) is 31.3 Å². The minimum atomic E-state index is -0.409. The molecule has 0 heterocycles. The lowest BCUT2D eigenvalue weighted by atomic mass is 10.1. The van der Waals surface area contributed by atoms with Crippen molar-refractivity contribution in [3.8, 4) is 6.07 Å². The number of nitriles is 1. The number of amides is 2. The minimum absolute atomic E-state index is 0.0285. The quantitative estimate of drug-likeness (QED) is 0.629. The molecular weight excluding hydrogens is 314 g/mol. The van der Waals surface area contributed by atoms with Crippen molar-refractivity contribution in [1.82, 2.24) is 10.6 Å². The number of carbonyl (C=O) groups excluding carboxylic acids is 2. The summed E-state index contributed by atoms with van der Waals surface area (Å²) in [6.07, 6.45) is 2.21. The number of nitrogens with zero attached hydrogens (tertiary/aromatic N) is 1. The van der Waals surface area contributed by atoms with Gasteiger partial charge in [0, 0.05) is 19.2 Å². The standard InChI is InChI=1S/C20H19N3O2/c1-22-19(24)17-9-7-16(8-10-17)13-18(14-21)20(25)23-12-11-15-5-3-2-4-6-15/h2-10,13H,11-12H2,1H3,(H,22,24)(H,23,25). The molecule has 2 N–H and O–H groups in total. The van der Waals surface area contributed by atoms with Crippen LogP contribution in [0.4, 0.5) is 0 Å². The maximum absolute atomic E-state index is 12.1. The number of hydrogen-bond acceptors (Lipinski definition) is 3. The first-order chi connectivity index (χ1) is 12.1. The highest BCUT2D eigenvalue weighted by atomic mass is 16.2. The maximum Gasteiger partial charge on any atom is 0.261 e. The molecule has 0 aromatic heterocycles. The number of hydrogen-bond donors (Lipinski definition) is 2. The van der Waals surface area contributed by atoms with Gasteiger partial charge in [0.05, 0.1) is 0 Å². The van der Waals surface area contributed by atoms with Gasteiger partial charge in [0.1, 0.15) is 11.6 Å². The Morgan fingerprint density at radius 1 is 1.08 bits per heavy atom. The maximum atomic E-state index is 12.1. The second-order valence-corrected chi connectivity index (χ2v) is 5.36. The summed E-state index contributed by atoms with van der Waals surface area (Å²) in [6, 6.07) is 18.4. The first-order valence-electron chi connectivity index (χ1n) is 7.90. The summed E-state index contributed by atoms with van der Waals surface area (Å²) in [5, 5.41) is 14.5. The van der Waals surface area contributed by atoms with E-state index in [0.29, 0.717) is 24.1 Å². The molecule has 126 valence electrons. The van der Waals surface area contributed by atoms with Gasteiger partial charge in [0.2, 0.25) is 0 Å². The van der Waals surface area contributed by atoms with Crippen LogP contribution in [0.5, 0.6) is 0 Å². The third-order valence-electron chi connectivity index (χ3n) is 3.62. The summed E-state index contributed by atoms with van der Waals surface area (Å²) in [7, 11) is 1.56. The highest BCUT2D eigenvalue weighted by molar-refractivity contribution is 6.01. The minimum Gasteiger partial charge on any atom is -0.355 e. The average Bonchev–Trinajstić information content (AvgIpc) is 2.66. The molecule has 5 heteroatoms. The molecule has 2 aromatic carbocycles. The van der Waals surface area contributed by atoms with Gasteiger partial charge in [-0.15, -0.1) is 0 Å². The Hall–Kier alpha value is -3.39. The Morgan fingerprint density at radius 2 is 1.76 bits per heavy atom. The van der Waals surface area contributed by atoms with E-state index < -0.39 is 5.91 Å². The first-order valence-corrected chi connectivity index (χ1v) is 7.90. The van der Waals surface area contributed by atoms with Crippen LogP contribution in [0.15, 0.2) is 60.2 Å². The summed E-state index contributed by atoms with van der Waals surface area (Å²) in [5.41, 5.74) is 2.35. The van der Waals surface area contributed by atoms with Crippen molar-refractivity contribution in [3.05, 3.63) is 76.9 Å². The fraction of sp³-hybridized carbons (Fsp3) is 0.150. The van der Waals surface area contributed by atoms with E-state index in [0.717, 1.165) is 5.56 Å². The van der Waals surface area contributed by atoms with Gasteiger partial charge in [-0.2, -0.15) is 5.26 Å². The van der Waals surface area contributed by atoms with E-state index in [1.165, 1.54) is 6.08 Å². The van der Waals surface area contributed by atoms with Crippen molar-refractivity contribution >= 4 is 17.9 Å². The van der Waals surface area contributed by atoms with Crippen LogP contribution in [0.25, 0.3) is 6.08 Å². The second-order valence-electron chi connectivity index (χ2n) is 5.36. The monoisotopic (exact) mass is 333 g/mol. The molecule has 0 fully saturated rings. The smallest absolute Gasteiger partial charge is 0.261 e. The molecule has 0 aliphatic carbocycles. The van der Waals surface area contributed by atoms with Crippen LogP contribution in [-0.2, 0) is 11.2 Å². The van der Waals surface area contributed by atoms with Crippen LogP contribution in [0.2, 0.25) is 0 Å². The first kappa shape index (κ1) is 18.0. The highest BCUT2D eigenvalue weighted by Crippen LogP contribution is 2.09. The molecule has 0 aliphatic heterocycles. The van der Waals surface area contributed by atoms with E-state index >= 15 is 0 Å². The molecule has 2 aromatic rings. The van der Waals surface area contributed by atoms with Crippen LogP contribution in [-0.4, -0.2) is 25.4 Å². The van der Waals surface area contributed by atoms with Crippen molar-refractivity contribution in [1.29, 1.82) is 5.26 Å². The van der Waals surface area contributed by atoms with Gasteiger partial charge in [0.25, 0.3) is 11.8 Å². The number of carbonyl (C=O) groups is 2. The third kappa shape index (κ3) is 5.33. The van der Waals surface area contributed by atoms with Gasteiger partial charge in [-0.05, 0) is 35.8 Å². The van der Waals surface area contributed by atoms with Gasteiger partial charge in [0.15, 0.2) is 0 Å². The van der Waals surface area contributed by atoms with Crippen molar-refractivity contribution in [2.24, 2.45) is 0 Å². The predicted molar refractivity (Wildman–Crippen MR) is 96.6 cm³/mol. The van der Waals surface area contributed by atoms with Gasteiger partial charge in [-0.1, -0.05) is 42.5 Å². The van der Waals surface area contributed by atoms with Crippen LogP contribution in [0.3, 0.4) is 0 Å². The molecule has 0 aliphatic rings. The molecule has 0 saturated heterocycles. The second kappa shape index (κ2) is 9.04. The van der Waals surface area contributed by atoms with Gasteiger partial charge in [-0.25, -0.2) is 0 Å². The number of rotatable bonds is 6. The summed E-state index contributed by atoms with van der Waals surface area (Å²) < 4.78 is 0. The number of benzene rings is 2. The third-order valence-corrected chi connectivity index (χ3v) is 3.62. The van der Waals surface area contributed by atoms with E-state index in [9.17, 15) is 14.9 Å². The topological polar surface area (TPSA) is 82.0 Å². The molecule has 0 spiro atoms. The molecule has 5 nitrogen and oxygen atoms in total. The Labute approximate surface area is 147 Å². The molecule has 0 radical (unpaired) electrons. The molecule has 0 bridgehead atoms. The van der Waals surface area contributed by atoms with Crippen LogP contribution >= 0.6 is 0 Å². The summed E-state index contributed by atoms with van der Waals surface area (Å²) in [6.45, 7) is 0.456. The van der Waals surface area contributed by atoms with E-state index in [4.69, 9.17) is 0 Å². The molecule has 2 amide bonds. The van der Waals surface area contributed by atoms with E-state index in [1.807, 2.05) is 36.4 Å². The fourth-order valence-electron chi connectivity index (χ4n) is 2.25. The lowest BCUT2D eigenvalue weighted by Crippen LogP contribution is -2.26. The Bertz CT molecular complexity index is 803. The fourth-order valence-corrected chi connectivity index (χ4v) is 2.25. The molecule has 0 unspecified atom stereocenters. The van der Waals surface area contributed by atoms with Crippen molar-refractivity contribution in [2.45, 2.75) is 6.42 Å². The highest BCUT2D eigenvalue weighted by Gasteiger charge is 2.09. The normalized spacial score (nSPS) is 10.6. The molecule has 0 saturated carbocycles. The lowest BCUT2D eigenvalue weighted by Gasteiger charge is -2.05. The van der Waals surface area contributed by atoms with Crippen molar-refractivity contribution in [3.63, 3.8) is 0 Å². The van der Waals surface area contributed by atoms with Crippen molar-refractivity contribution in [2.75, 3.05) is 13.6 Å². The van der Waals surface area contributed by atoms with E-state index in [2.05, 4.69) is 10.6 Å². The summed E-state index contributed by atoms with van der Waals surface area (Å²) in [4.78, 5) is 23.6. The predicted octanol–water partition coefficient (Wildman–Crippen LogP) is 2.31. The zero-order valence-electron chi connectivity index (χ0n) is 14.0. The largest absolute Gasteiger partial charge is 0.355 e. The SMILES string of the molecule is CNC(=O)c1ccc(C=C(C#N)C(=O)NCCc2ccccc2)cc1. The van der Waals surface area contributed by atoms with E-state index in [-0.39, 0.29) is 11.5 Å². The van der Waals surface area contributed by atoms with Gasteiger partial charge in [-0.3, -0.25) is 9.59 Å². The van der Waals surface area contributed by atoms with Crippen molar-refractivity contribution < 1.29 is 9.59 Å². The molecule has 2 rings (SSSR count). The summed E-state index contributed by atoms with van der Waals surface area (Å²) in [5.74, 6) is -0.594. The lowest BCUT2D eigenvalue weighted by molar-refractivity contribution is -0.117. The molecule has 0 atom stereocenters.